The first-order chi connectivity index (χ1) is 9.33. The van der Waals surface area contributed by atoms with Crippen molar-refractivity contribution >= 4 is 0 Å². The maximum Gasteiger partial charge on any atom is 0.0208 e. The van der Waals surface area contributed by atoms with E-state index in [9.17, 15) is 0 Å². The van der Waals surface area contributed by atoms with Crippen LogP contribution in [0.25, 0.3) is 0 Å². The molecule has 0 spiro atoms. The highest BCUT2D eigenvalue weighted by molar-refractivity contribution is 5.46. The van der Waals surface area contributed by atoms with Gasteiger partial charge < -0.3 is 5.32 Å². The van der Waals surface area contributed by atoms with E-state index in [1.807, 2.05) is 0 Å². The van der Waals surface area contributed by atoms with Gasteiger partial charge in [-0.2, -0.15) is 0 Å². The van der Waals surface area contributed by atoms with Crippen molar-refractivity contribution in [2.75, 3.05) is 13.1 Å². The van der Waals surface area contributed by atoms with E-state index >= 15 is 0 Å². The molecule has 0 amide bonds. The van der Waals surface area contributed by atoms with E-state index in [4.69, 9.17) is 0 Å². The minimum absolute atomic E-state index is 0.619. The maximum atomic E-state index is 3.48. The van der Waals surface area contributed by atoms with Crippen LogP contribution in [0.4, 0.5) is 0 Å². The van der Waals surface area contributed by atoms with Gasteiger partial charge >= 0.3 is 0 Å². The summed E-state index contributed by atoms with van der Waals surface area (Å²) in [5, 5.41) is 3.48. The lowest BCUT2D eigenvalue weighted by molar-refractivity contribution is 0.619. The fourth-order valence-electron chi connectivity index (χ4n) is 3.22. The summed E-state index contributed by atoms with van der Waals surface area (Å²) in [7, 11) is 0. The van der Waals surface area contributed by atoms with Gasteiger partial charge in [0.15, 0.2) is 0 Å². The lowest BCUT2D eigenvalue weighted by atomic mass is 9.80. The Morgan fingerprint density at radius 3 is 2.95 bits per heavy atom. The van der Waals surface area contributed by atoms with Crippen LogP contribution in [0.2, 0.25) is 0 Å². The number of hydrogen-bond donors (Lipinski definition) is 1. The Balaban J connectivity index is 1.83. The Morgan fingerprint density at radius 1 is 1.26 bits per heavy atom. The van der Waals surface area contributed by atoms with Crippen molar-refractivity contribution in [3.63, 3.8) is 0 Å². The zero-order valence-corrected chi connectivity index (χ0v) is 11.7. The summed E-state index contributed by atoms with van der Waals surface area (Å²) in [6.45, 7) is 4.49. The van der Waals surface area contributed by atoms with Crippen LogP contribution in [0, 0.1) is 11.8 Å². The van der Waals surface area contributed by atoms with Crippen LogP contribution in [0.3, 0.4) is 0 Å². The average Bonchev–Trinajstić information content (AvgIpc) is 2.48. The second-order valence-electron chi connectivity index (χ2n) is 5.87. The van der Waals surface area contributed by atoms with Gasteiger partial charge in [-0.3, -0.25) is 0 Å². The predicted octanol–water partition coefficient (Wildman–Crippen LogP) is 3.93. The lowest BCUT2D eigenvalue weighted by Gasteiger charge is -2.26. The first-order valence-electron chi connectivity index (χ1n) is 7.48. The molecular weight excluding hydrogens is 230 g/mol. The molecule has 0 aromatic rings. The van der Waals surface area contributed by atoms with Crippen LogP contribution < -0.4 is 5.32 Å². The fourth-order valence-corrected chi connectivity index (χ4v) is 3.22. The second kappa shape index (κ2) is 5.75. The van der Waals surface area contributed by atoms with Gasteiger partial charge in [0, 0.05) is 12.5 Å². The second-order valence-corrected chi connectivity index (χ2v) is 5.87. The molecule has 1 nitrogen and oxygen atoms in total. The van der Waals surface area contributed by atoms with Gasteiger partial charge in [0.25, 0.3) is 0 Å². The maximum absolute atomic E-state index is 3.48. The molecule has 0 bridgehead atoms. The molecule has 0 fully saturated rings. The van der Waals surface area contributed by atoms with Crippen LogP contribution in [0.15, 0.2) is 59.3 Å². The molecule has 100 valence electrons. The van der Waals surface area contributed by atoms with E-state index in [0.29, 0.717) is 11.8 Å². The number of hydrogen-bond acceptors (Lipinski definition) is 1. The van der Waals surface area contributed by atoms with E-state index in [1.54, 1.807) is 5.57 Å². The van der Waals surface area contributed by atoms with Gasteiger partial charge in [-0.15, -0.1) is 0 Å². The van der Waals surface area contributed by atoms with Crippen LogP contribution in [-0.4, -0.2) is 13.1 Å². The van der Waals surface area contributed by atoms with Crippen molar-refractivity contribution < 1.29 is 0 Å². The molecule has 0 aromatic carbocycles. The average molecular weight is 253 g/mol. The van der Waals surface area contributed by atoms with Crippen LogP contribution in [0.1, 0.15) is 26.2 Å². The minimum Gasteiger partial charge on any atom is -0.312 e. The third-order valence-corrected chi connectivity index (χ3v) is 4.22. The summed E-state index contributed by atoms with van der Waals surface area (Å²) in [6, 6.07) is 0. The summed E-state index contributed by atoms with van der Waals surface area (Å²) in [4.78, 5) is 0. The minimum atomic E-state index is 0.619. The Morgan fingerprint density at radius 2 is 2.21 bits per heavy atom. The molecule has 2 atom stereocenters. The van der Waals surface area contributed by atoms with Crippen molar-refractivity contribution in [2.24, 2.45) is 11.8 Å². The summed E-state index contributed by atoms with van der Waals surface area (Å²) >= 11 is 0. The van der Waals surface area contributed by atoms with E-state index in [2.05, 4.69) is 54.8 Å². The summed E-state index contributed by atoms with van der Waals surface area (Å²) in [5.41, 5.74) is 4.56. The molecule has 0 saturated carbocycles. The Bertz CT molecular complexity index is 488. The molecule has 2 aliphatic carbocycles. The highest BCUT2D eigenvalue weighted by Gasteiger charge is 2.20. The van der Waals surface area contributed by atoms with Crippen molar-refractivity contribution in [3.8, 4) is 0 Å². The van der Waals surface area contributed by atoms with Crippen molar-refractivity contribution in [3.05, 3.63) is 59.3 Å². The van der Waals surface area contributed by atoms with Gasteiger partial charge in [0.2, 0.25) is 0 Å². The zero-order chi connectivity index (χ0) is 13.1. The van der Waals surface area contributed by atoms with Gasteiger partial charge in [0.05, 0.1) is 0 Å². The molecule has 1 heteroatoms. The monoisotopic (exact) mass is 253 g/mol. The zero-order valence-electron chi connectivity index (χ0n) is 11.7. The van der Waals surface area contributed by atoms with Crippen molar-refractivity contribution in [2.45, 2.75) is 26.2 Å². The summed E-state index contributed by atoms with van der Waals surface area (Å²) in [6.07, 6.45) is 19.9. The van der Waals surface area contributed by atoms with Crippen LogP contribution in [-0.2, 0) is 0 Å². The fraction of sp³-hybridized carbons (Fsp3) is 0.444. The number of allylic oxidation sites excluding steroid dienone is 7. The standard InChI is InChI=1S/C18H23N/c1-14-10-17(15-6-3-2-4-7-15)12-18(11-14)16-8-5-9-19-13-16/h2-4,6,8,11-12,14-15,19H,5,7,9-10,13H2,1H3. The quantitative estimate of drug-likeness (QED) is 0.786. The van der Waals surface area contributed by atoms with Crippen molar-refractivity contribution in [1.82, 2.24) is 5.32 Å². The molecular formula is C18H23N. The smallest absolute Gasteiger partial charge is 0.0208 e. The summed E-state index contributed by atoms with van der Waals surface area (Å²) < 4.78 is 0. The molecule has 2 unspecified atom stereocenters. The van der Waals surface area contributed by atoms with E-state index in [1.165, 1.54) is 24.0 Å². The topological polar surface area (TPSA) is 12.0 Å². The Kier molecular flexibility index (Phi) is 3.84. The van der Waals surface area contributed by atoms with E-state index < -0.39 is 0 Å². The summed E-state index contributed by atoms with van der Waals surface area (Å²) in [5.74, 6) is 1.28. The van der Waals surface area contributed by atoms with E-state index in [0.717, 1.165) is 19.5 Å². The van der Waals surface area contributed by atoms with Crippen molar-refractivity contribution in [1.29, 1.82) is 0 Å². The van der Waals surface area contributed by atoms with E-state index in [-0.39, 0.29) is 0 Å². The Hall–Kier alpha value is -1.34. The molecule has 0 saturated heterocycles. The first kappa shape index (κ1) is 12.7. The predicted molar refractivity (Wildman–Crippen MR) is 81.9 cm³/mol. The molecule has 3 rings (SSSR count). The van der Waals surface area contributed by atoms with Gasteiger partial charge in [-0.1, -0.05) is 55.0 Å². The first-order valence-corrected chi connectivity index (χ1v) is 7.48. The molecule has 19 heavy (non-hydrogen) atoms. The largest absolute Gasteiger partial charge is 0.312 e. The van der Waals surface area contributed by atoms with Crippen LogP contribution >= 0.6 is 0 Å². The SMILES string of the molecule is CC1C=C(C2=CCCNC2)C=C(C2C=CC=CC2)C1. The molecule has 1 N–H and O–H groups in total. The van der Waals surface area contributed by atoms with Crippen LogP contribution in [0.5, 0.6) is 0 Å². The number of nitrogens with one attached hydrogen (secondary N) is 1. The van der Waals surface area contributed by atoms with Gasteiger partial charge in [-0.05, 0) is 42.9 Å². The third kappa shape index (κ3) is 2.98. The Labute approximate surface area is 116 Å². The lowest BCUT2D eigenvalue weighted by Crippen LogP contribution is -2.23. The van der Waals surface area contributed by atoms with Gasteiger partial charge in [0.1, 0.15) is 0 Å². The molecule has 3 aliphatic rings. The third-order valence-electron chi connectivity index (χ3n) is 4.22. The normalized spacial score (nSPS) is 30.7. The molecule has 0 aromatic heterocycles. The molecule has 1 aliphatic heterocycles. The molecule has 1 heterocycles. The van der Waals surface area contributed by atoms with Gasteiger partial charge in [-0.25, -0.2) is 0 Å². The molecule has 0 radical (unpaired) electrons. The highest BCUT2D eigenvalue weighted by atomic mass is 14.9. The highest BCUT2D eigenvalue weighted by Crippen LogP contribution is 2.34. The number of rotatable bonds is 2.